The van der Waals surface area contributed by atoms with Gasteiger partial charge in [0, 0.05) is 31.3 Å². The normalized spacial score (nSPS) is 45.3. The Bertz CT molecular complexity index is 841. The molecule has 4 nitrogen and oxygen atoms in total. The van der Waals surface area contributed by atoms with Gasteiger partial charge in [-0.15, -0.1) is 0 Å². The lowest BCUT2D eigenvalue weighted by molar-refractivity contribution is -0.127. The maximum atomic E-state index is 13.2. The Kier molecular flexibility index (Phi) is 4.81. The van der Waals surface area contributed by atoms with Crippen molar-refractivity contribution in [2.24, 2.45) is 34.5 Å². The number of aromatic nitrogens is 2. The number of aliphatic hydroxyl groups is 1. The van der Waals surface area contributed by atoms with Gasteiger partial charge in [0.25, 0.3) is 0 Å². The number of ketones is 1. The molecule has 3 saturated carbocycles. The summed E-state index contributed by atoms with van der Waals surface area (Å²) < 4.78 is 1.88. The SMILES string of the molecule is C[C@@]1(O)CC[C@]2(C)C3=CC[C@@]4(C)C(CC[C@@H]4C(=O)CCn4cccn4)C3CC[C@@H]2C1. The maximum Gasteiger partial charge on any atom is 0.138 e. The Morgan fingerprint density at radius 2 is 2.03 bits per heavy atom. The van der Waals surface area contributed by atoms with Crippen LogP contribution < -0.4 is 0 Å². The van der Waals surface area contributed by atoms with Gasteiger partial charge < -0.3 is 5.11 Å². The molecule has 30 heavy (non-hydrogen) atoms. The average molecular weight is 411 g/mol. The van der Waals surface area contributed by atoms with Crippen LogP contribution in [0.2, 0.25) is 0 Å². The molecule has 0 aliphatic heterocycles. The molecule has 4 aliphatic rings. The van der Waals surface area contributed by atoms with E-state index in [1.165, 1.54) is 19.3 Å². The van der Waals surface area contributed by atoms with Gasteiger partial charge in [0.2, 0.25) is 0 Å². The molecule has 4 aliphatic carbocycles. The lowest BCUT2D eigenvalue weighted by atomic mass is 9.47. The second-order valence-electron chi connectivity index (χ2n) is 11.6. The second-order valence-corrected chi connectivity index (χ2v) is 11.6. The van der Waals surface area contributed by atoms with Crippen molar-refractivity contribution in [3.63, 3.8) is 0 Å². The monoisotopic (exact) mass is 410 g/mol. The van der Waals surface area contributed by atoms with Crippen LogP contribution >= 0.6 is 0 Å². The summed E-state index contributed by atoms with van der Waals surface area (Å²) in [5.41, 5.74) is 1.59. The van der Waals surface area contributed by atoms with Crippen LogP contribution in [0.25, 0.3) is 0 Å². The van der Waals surface area contributed by atoms with Crippen LogP contribution in [-0.2, 0) is 11.3 Å². The molecular weight excluding hydrogens is 372 g/mol. The van der Waals surface area contributed by atoms with Crippen molar-refractivity contribution in [1.29, 1.82) is 0 Å². The van der Waals surface area contributed by atoms with E-state index in [2.05, 4.69) is 25.0 Å². The predicted molar refractivity (Wildman–Crippen MR) is 118 cm³/mol. The standard InChI is InChI=1S/C26H38N2O2/c1-24(30)12-13-25(2)18(17-24)5-6-19-20-7-8-22(26(20,3)11-9-21(19)25)23(29)10-16-28-15-4-14-27-28/h4,9,14-15,18-20,22,30H,5-8,10-13,16-17H2,1-3H3/t18-,19?,20?,22-,24-,25+,26+/m1/s1. The summed E-state index contributed by atoms with van der Waals surface area (Å²) in [6.07, 6.45) is 15.7. The molecule has 4 heteroatoms. The molecule has 0 radical (unpaired) electrons. The molecular formula is C26H38N2O2. The first kappa shape index (κ1) is 20.5. The summed E-state index contributed by atoms with van der Waals surface area (Å²) in [7, 11) is 0. The highest BCUT2D eigenvalue weighted by molar-refractivity contribution is 5.82. The Morgan fingerprint density at radius 1 is 1.20 bits per heavy atom. The molecule has 2 unspecified atom stereocenters. The van der Waals surface area contributed by atoms with Crippen molar-refractivity contribution in [3.8, 4) is 0 Å². The van der Waals surface area contributed by atoms with Crippen LogP contribution in [0.15, 0.2) is 30.1 Å². The summed E-state index contributed by atoms with van der Waals surface area (Å²) >= 11 is 0. The molecule has 0 bridgehead atoms. The van der Waals surface area contributed by atoms with Crippen LogP contribution in [0, 0.1) is 34.5 Å². The number of fused-ring (bicyclic) bond motifs is 5. The maximum absolute atomic E-state index is 13.2. The number of aryl methyl sites for hydroxylation is 1. The van der Waals surface area contributed by atoms with E-state index in [0.29, 0.717) is 36.5 Å². The Labute approximate surface area is 181 Å². The van der Waals surface area contributed by atoms with Crippen molar-refractivity contribution >= 4 is 5.78 Å². The van der Waals surface area contributed by atoms with Gasteiger partial charge in [-0.1, -0.05) is 25.5 Å². The Hall–Kier alpha value is -1.42. The molecule has 164 valence electrons. The number of carbonyl (C=O) groups is 1. The highest BCUT2D eigenvalue weighted by Gasteiger charge is 2.58. The summed E-state index contributed by atoms with van der Waals surface area (Å²) in [6.45, 7) is 7.62. The second kappa shape index (κ2) is 7.05. The zero-order chi connectivity index (χ0) is 21.1. The van der Waals surface area contributed by atoms with Gasteiger partial charge in [-0.2, -0.15) is 5.10 Å². The minimum Gasteiger partial charge on any atom is -0.390 e. The van der Waals surface area contributed by atoms with E-state index in [1.807, 2.05) is 23.9 Å². The third-order valence-electron chi connectivity index (χ3n) is 9.85. The van der Waals surface area contributed by atoms with Crippen molar-refractivity contribution in [3.05, 3.63) is 30.1 Å². The number of rotatable bonds is 4. The van der Waals surface area contributed by atoms with Gasteiger partial charge in [-0.05, 0) is 92.9 Å². The first-order valence-electron chi connectivity index (χ1n) is 12.2. The third kappa shape index (κ3) is 3.13. The number of allylic oxidation sites excluding steroid dienone is 2. The molecule has 0 amide bonds. The average Bonchev–Trinajstić information content (AvgIpc) is 3.33. The molecule has 3 fully saturated rings. The van der Waals surface area contributed by atoms with Crippen LogP contribution in [0.4, 0.5) is 0 Å². The fourth-order valence-electron chi connectivity index (χ4n) is 8.06. The van der Waals surface area contributed by atoms with E-state index in [9.17, 15) is 9.90 Å². The lowest BCUT2D eigenvalue weighted by Crippen LogP contribution is -2.51. The quantitative estimate of drug-likeness (QED) is 0.697. The minimum absolute atomic E-state index is 0.124. The zero-order valence-electron chi connectivity index (χ0n) is 18.9. The van der Waals surface area contributed by atoms with Gasteiger partial charge in [-0.3, -0.25) is 9.48 Å². The van der Waals surface area contributed by atoms with Crippen molar-refractivity contribution in [1.82, 2.24) is 9.78 Å². The van der Waals surface area contributed by atoms with Crippen molar-refractivity contribution in [2.75, 3.05) is 0 Å². The molecule has 0 aromatic carbocycles. The first-order valence-corrected chi connectivity index (χ1v) is 12.2. The summed E-state index contributed by atoms with van der Waals surface area (Å²) in [5, 5.41) is 14.9. The van der Waals surface area contributed by atoms with E-state index in [0.717, 1.165) is 32.1 Å². The van der Waals surface area contributed by atoms with Crippen LogP contribution in [0.3, 0.4) is 0 Å². The molecule has 5 rings (SSSR count). The molecule has 1 N–H and O–H groups in total. The molecule has 7 atom stereocenters. The Morgan fingerprint density at radius 3 is 2.80 bits per heavy atom. The fourth-order valence-corrected chi connectivity index (χ4v) is 8.06. The van der Waals surface area contributed by atoms with Crippen molar-refractivity contribution in [2.45, 2.75) is 90.7 Å². The fraction of sp³-hybridized carbons (Fsp3) is 0.769. The largest absolute Gasteiger partial charge is 0.390 e. The van der Waals surface area contributed by atoms with Crippen LogP contribution in [-0.4, -0.2) is 26.3 Å². The minimum atomic E-state index is -0.486. The van der Waals surface area contributed by atoms with Gasteiger partial charge >= 0.3 is 0 Å². The van der Waals surface area contributed by atoms with E-state index in [-0.39, 0.29) is 16.7 Å². The van der Waals surface area contributed by atoms with Crippen LogP contribution in [0.1, 0.15) is 78.6 Å². The molecule has 1 aromatic rings. The highest BCUT2D eigenvalue weighted by Crippen LogP contribution is 2.66. The Balaban J connectivity index is 1.35. The smallest absolute Gasteiger partial charge is 0.138 e. The highest BCUT2D eigenvalue weighted by atomic mass is 16.3. The first-order chi connectivity index (χ1) is 14.2. The molecule has 1 heterocycles. The lowest BCUT2D eigenvalue weighted by Gasteiger charge is -2.58. The molecule has 0 spiro atoms. The van der Waals surface area contributed by atoms with Crippen molar-refractivity contribution < 1.29 is 9.90 Å². The zero-order valence-corrected chi connectivity index (χ0v) is 18.9. The van der Waals surface area contributed by atoms with Gasteiger partial charge in [0.05, 0.1) is 5.60 Å². The summed E-state index contributed by atoms with van der Waals surface area (Å²) in [4.78, 5) is 13.2. The topological polar surface area (TPSA) is 55.1 Å². The number of carbonyl (C=O) groups excluding carboxylic acids is 1. The van der Waals surface area contributed by atoms with Gasteiger partial charge in [0.15, 0.2) is 0 Å². The third-order valence-corrected chi connectivity index (χ3v) is 9.85. The van der Waals surface area contributed by atoms with Crippen LogP contribution in [0.5, 0.6) is 0 Å². The van der Waals surface area contributed by atoms with E-state index >= 15 is 0 Å². The predicted octanol–water partition coefficient (Wildman–Crippen LogP) is 5.17. The molecule has 1 aromatic heterocycles. The van der Waals surface area contributed by atoms with E-state index in [4.69, 9.17) is 0 Å². The summed E-state index contributed by atoms with van der Waals surface area (Å²) in [5.74, 6) is 2.56. The van der Waals surface area contributed by atoms with E-state index in [1.54, 1.807) is 11.8 Å². The van der Waals surface area contributed by atoms with Gasteiger partial charge in [0.1, 0.15) is 5.78 Å². The number of hydrogen-bond acceptors (Lipinski definition) is 3. The summed E-state index contributed by atoms with van der Waals surface area (Å²) in [6, 6.07) is 1.92. The number of hydrogen-bond donors (Lipinski definition) is 1. The van der Waals surface area contributed by atoms with Gasteiger partial charge in [-0.25, -0.2) is 0 Å². The number of nitrogens with zero attached hydrogens (tertiary/aromatic N) is 2. The van der Waals surface area contributed by atoms with E-state index < -0.39 is 5.60 Å². The molecule has 0 saturated heterocycles. The number of Topliss-reactive ketones (excluding diaryl/α,β-unsaturated/α-hetero) is 1.